The van der Waals surface area contributed by atoms with Crippen molar-refractivity contribution in [3.8, 4) is 16.9 Å². The Kier molecular flexibility index (Phi) is 12.1. The van der Waals surface area contributed by atoms with Gasteiger partial charge < -0.3 is 29.7 Å². The standard InChI is InChI=1S/C46H54F2N10O6/c1-49-46(63)55-20-16-36-35(26-55)43(56-17-7-8-28-22-32(29-24-50-53(2)25-29)33(42(47)48)23-38(28)56)52-58(36)30-14-18-54(19-15-30)41(60)11-4-3-5-21-64-39-10-6-9-31-34(39)27-57(45(31)62)37-12-13-40(59)51-44(37)61/h6,9-10,22-25,30,37,42H,3-5,7-8,11-21,26-27H2,1-2H3,(H,49,63)(H,51,59,61). The molecule has 16 nitrogen and oxygen atoms in total. The van der Waals surface area contributed by atoms with E-state index in [2.05, 4.69) is 25.3 Å². The van der Waals surface area contributed by atoms with E-state index < -0.39 is 18.4 Å². The minimum absolute atomic E-state index is 0.0370. The summed E-state index contributed by atoms with van der Waals surface area (Å²) in [5, 5.41) is 14.6. The maximum absolute atomic E-state index is 14.7. The molecule has 0 radical (unpaired) electrons. The number of likely N-dealkylation sites (tertiary alicyclic amines) is 1. The lowest BCUT2D eigenvalue weighted by Crippen LogP contribution is -2.52. The molecule has 7 heterocycles. The number of urea groups is 1. The first kappa shape index (κ1) is 42.9. The Labute approximate surface area is 369 Å². The quantitative estimate of drug-likeness (QED) is 0.137. The van der Waals surface area contributed by atoms with Crippen molar-refractivity contribution in [2.45, 2.75) is 102 Å². The fraction of sp³-hybridized carbons (Fsp3) is 0.500. The van der Waals surface area contributed by atoms with Crippen LogP contribution in [0.3, 0.4) is 0 Å². The molecule has 0 aliphatic carbocycles. The third kappa shape index (κ3) is 8.29. The van der Waals surface area contributed by atoms with Gasteiger partial charge >= 0.3 is 6.03 Å². The molecule has 64 heavy (non-hydrogen) atoms. The van der Waals surface area contributed by atoms with Crippen LogP contribution in [0.2, 0.25) is 0 Å². The Balaban J connectivity index is 0.817. The van der Waals surface area contributed by atoms with Gasteiger partial charge in [0.05, 0.1) is 31.9 Å². The van der Waals surface area contributed by atoms with Gasteiger partial charge in [-0.1, -0.05) is 6.07 Å². The first-order valence-corrected chi connectivity index (χ1v) is 22.4. The number of rotatable bonds is 12. The normalized spacial score (nSPS) is 18.9. The van der Waals surface area contributed by atoms with Crippen LogP contribution < -0.4 is 20.3 Å². The summed E-state index contributed by atoms with van der Waals surface area (Å²) >= 11 is 0. The molecule has 5 aliphatic heterocycles. The maximum Gasteiger partial charge on any atom is 0.317 e. The van der Waals surface area contributed by atoms with Crippen LogP contribution in [-0.4, -0.2) is 110 Å². The lowest BCUT2D eigenvalue weighted by molar-refractivity contribution is -0.137. The fourth-order valence-corrected chi connectivity index (χ4v) is 10.1. The second-order valence-electron chi connectivity index (χ2n) is 17.4. The Morgan fingerprint density at radius 1 is 0.938 bits per heavy atom. The Bertz CT molecular complexity index is 2480. The van der Waals surface area contributed by atoms with Gasteiger partial charge in [-0.2, -0.15) is 10.2 Å². The Morgan fingerprint density at radius 2 is 1.77 bits per heavy atom. The first-order chi connectivity index (χ1) is 31.0. The molecule has 1 unspecified atom stereocenters. The van der Waals surface area contributed by atoms with Crippen LogP contribution in [0.5, 0.6) is 5.75 Å². The SMILES string of the molecule is CNC(=O)N1CCc2c(c(N3CCCc4cc(-c5cnn(C)c5)c(C(F)F)cc43)nn2C2CCN(C(=O)CCCCCOc3cccc4c3CN(C3CCC(=O)NC3=O)C4=O)CC2)C1. The highest BCUT2D eigenvalue weighted by molar-refractivity contribution is 6.05. The van der Waals surface area contributed by atoms with E-state index in [1.807, 2.05) is 17.0 Å². The predicted octanol–water partition coefficient (Wildman–Crippen LogP) is 5.57. The molecule has 1 atom stereocenters. The smallest absolute Gasteiger partial charge is 0.317 e. The number of fused-ring (bicyclic) bond motifs is 3. The van der Waals surface area contributed by atoms with Gasteiger partial charge in [0.1, 0.15) is 11.8 Å². The summed E-state index contributed by atoms with van der Waals surface area (Å²) in [6, 6.07) is 7.98. The van der Waals surface area contributed by atoms with Crippen molar-refractivity contribution in [1.29, 1.82) is 0 Å². The van der Waals surface area contributed by atoms with E-state index in [4.69, 9.17) is 9.84 Å². The summed E-state index contributed by atoms with van der Waals surface area (Å²) in [7, 11) is 3.38. The second kappa shape index (κ2) is 18.0. The van der Waals surface area contributed by atoms with Gasteiger partial charge in [-0.05, 0) is 86.8 Å². The molecular formula is C46H54F2N10O6. The van der Waals surface area contributed by atoms with Crippen LogP contribution in [0.25, 0.3) is 11.1 Å². The van der Waals surface area contributed by atoms with Gasteiger partial charge in [0, 0.05) is 105 Å². The van der Waals surface area contributed by atoms with E-state index in [0.717, 1.165) is 60.9 Å². The number of carbonyl (C=O) groups is 5. The van der Waals surface area contributed by atoms with Crippen LogP contribution >= 0.6 is 0 Å². The third-order valence-corrected chi connectivity index (χ3v) is 13.4. The van der Waals surface area contributed by atoms with Crippen molar-refractivity contribution in [3.05, 3.63) is 76.2 Å². The van der Waals surface area contributed by atoms with Crippen molar-refractivity contribution in [2.75, 3.05) is 44.7 Å². The van der Waals surface area contributed by atoms with Gasteiger partial charge in [0.2, 0.25) is 17.7 Å². The summed E-state index contributed by atoms with van der Waals surface area (Å²) in [5.74, 6) is 0.391. The van der Waals surface area contributed by atoms with Crippen molar-refractivity contribution in [3.63, 3.8) is 0 Å². The molecule has 6 amide bonds. The number of aryl methyl sites for hydroxylation is 2. The number of imide groups is 1. The van der Waals surface area contributed by atoms with E-state index in [1.54, 1.807) is 54.3 Å². The zero-order chi connectivity index (χ0) is 44.6. The number of nitrogens with one attached hydrogen (secondary N) is 2. The highest BCUT2D eigenvalue weighted by atomic mass is 19.3. The number of alkyl halides is 2. The number of benzene rings is 2. The number of piperidine rings is 2. The number of anilines is 2. The largest absolute Gasteiger partial charge is 0.493 e. The molecule has 0 bridgehead atoms. The number of hydrogen-bond acceptors (Lipinski definition) is 9. The first-order valence-electron chi connectivity index (χ1n) is 22.4. The van der Waals surface area contributed by atoms with Crippen molar-refractivity contribution < 1.29 is 37.5 Å². The minimum Gasteiger partial charge on any atom is -0.493 e. The lowest BCUT2D eigenvalue weighted by atomic mass is 9.92. The van der Waals surface area contributed by atoms with Crippen LogP contribution in [0.15, 0.2) is 42.7 Å². The third-order valence-electron chi connectivity index (χ3n) is 13.4. The maximum atomic E-state index is 14.7. The number of hydrogen-bond donors (Lipinski definition) is 2. The van der Waals surface area contributed by atoms with Crippen molar-refractivity contribution in [2.24, 2.45) is 7.05 Å². The molecule has 0 saturated carbocycles. The summed E-state index contributed by atoms with van der Waals surface area (Å²) in [4.78, 5) is 70.9. The molecule has 2 aromatic heterocycles. The number of carbonyl (C=O) groups excluding carboxylic acids is 5. The highest BCUT2D eigenvalue weighted by Gasteiger charge is 2.40. The molecule has 2 fully saturated rings. The number of ether oxygens (including phenoxy) is 1. The molecule has 2 aromatic carbocycles. The van der Waals surface area contributed by atoms with E-state index in [1.165, 1.54) is 4.90 Å². The molecular weight excluding hydrogens is 827 g/mol. The topological polar surface area (TPSA) is 167 Å². The highest BCUT2D eigenvalue weighted by Crippen LogP contribution is 2.44. The van der Waals surface area contributed by atoms with E-state index in [0.29, 0.717) is 99.0 Å². The van der Waals surface area contributed by atoms with Crippen molar-refractivity contribution in [1.82, 2.24) is 44.9 Å². The number of halogens is 2. The zero-order valence-electron chi connectivity index (χ0n) is 36.3. The lowest BCUT2D eigenvalue weighted by Gasteiger charge is -2.34. The molecule has 0 spiro atoms. The number of amides is 6. The van der Waals surface area contributed by atoms with Crippen LogP contribution in [0.4, 0.5) is 25.1 Å². The number of unbranched alkanes of at least 4 members (excludes halogenated alkanes) is 2. The zero-order valence-corrected chi connectivity index (χ0v) is 36.3. The monoisotopic (exact) mass is 880 g/mol. The number of aromatic nitrogens is 4. The minimum atomic E-state index is -2.70. The summed E-state index contributed by atoms with van der Waals surface area (Å²) in [5.41, 5.74) is 5.97. The van der Waals surface area contributed by atoms with Gasteiger partial charge in [0.25, 0.3) is 12.3 Å². The van der Waals surface area contributed by atoms with E-state index in [9.17, 15) is 32.8 Å². The van der Waals surface area contributed by atoms with Crippen LogP contribution in [0, 0.1) is 0 Å². The van der Waals surface area contributed by atoms with Gasteiger partial charge in [-0.3, -0.25) is 33.9 Å². The van der Waals surface area contributed by atoms with Gasteiger partial charge in [0.15, 0.2) is 5.82 Å². The van der Waals surface area contributed by atoms with Gasteiger partial charge in [-0.25, -0.2) is 13.6 Å². The molecule has 9 rings (SSSR count). The number of nitrogens with zero attached hydrogens (tertiary/aromatic N) is 8. The van der Waals surface area contributed by atoms with E-state index >= 15 is 0 Å². The average molecular weight is 881 g/mol. The molecule has 5 aliphatic rings. The summed E-state index contributed by atoms with van der Waals surface area (Å²) in [6.45, 7) is 3.33. The predicted molar refractivity (Wildman–Crippen MR) is 231 cm³/mol. The molecule has 338 valence electrons. The molecule has 2 saturated heterocycles. The Morgan fingerprint density at radius 3 is 2.52 bits per heavy atom. The van der Waals surface area contributed by atoms with Gasteiger partial charge in [-0.15, -0.1) is 0 Å². The van der Waals surface area contributed by atoms with Crippen molar-refractivity contribution >= 4 is 41.2 Å². The second-order valence-corrected chi connectivity index (χ2v) is 17.4. The Hall–Kier alpha value is -6.33. The van der Waals surface area contributed by atoms with Crippen LogP contribution in [-0.2, 0) is 47.4 Å². The summed E-state index contributed by atoms with van der Waals surface area (Å²) in [6.07, 6.45) is 7.41. The molecule has 4 aromatic rings. The average Bonchev–Trinajstić information content (AvgIpc) is 4.01. The van der Waals surface area contributed by atoms with E-state index in [-0.39, 0.29) is 48.3 Å². The summed E-state index contributed by atoms with van der Waals surface area (Å²) < 4.78 is 39.3. The van der Waals surface area contributed by atoms with Crippen LogP contribution in [0.1, 0.15) is 109 Å². The molecule has 2 N–H and O–H groups in total. The fourth-order valence-electron chi connectivity index (χ4n) is 10.1. The molecule has 18 heteroatoms.